The first-order valence-electron chi connectivity index (χ1n) is 7.29. The Morgan fingerprint density at radius 3 is 2.65 bits per heavy atom. The standard InChI is InChI=1S/C15H19ClN2O2/c16-13-10-17-7-4-14(13)20-12-5-8-18(9-6-12)15(19)11-2-1-3-11/h4,7,10-12H,1-3,5-6,8-9H2. The largest absolute Gasteiger partial charge is 0.489 e. The quantitative estimate of drug-likeness (QED) is 0.861. The van der Waals surface area contributed by atoms with Crippen molar-refractivity contribution in [3.8, 4) is 5.75 Å². The highest BCUT2D eigenvalue weighted by molar-refractivity contribution is 6.31. The fourth-order valence-electron chi connectivity index (χ4n) is 2.75. The number of carbonyl (C=O) groups excluding carboxylic acids is 1. The van der Waals surface area contributed by atoms with Gasteiger partial charge in [0.15, 0.2) is 0 Å². The number of hydrogen-bond acceptors (Lipinski definition) is 3. The first-order valence-corrected chi connectivity index (χ1v) is 7.67. The van der Waals surface area contributed by atoms with Crippen molar-refractivity contribution in [2.75, 3.05) is 13.1 Å². The van der Waals surface area contributed by atoms with Gasteiger partial charge >= 0.3 is 0 Å². The van der Waals surface area contributed by atoms with Gasteiger partial charge in [-0.1, -0.05) is 18.0 Å². The molecule has 0 bridgehead atoms. The van der Waals surface area contributed by atoms with Gasteiger partial charge in [-0.3, -0.25) is 9.78 Å². The number of carbonyl (C=O) groups is 1. The number of rotatable bonds is 3. The second-order valence-corrected chi connectivity index (χ2v) is 5.98. The van der Waals surface area contributed by atoms with Crippen LogP contribution in [0.4, 0.5) is 0 Å². The maximum atomic E-state index is 12.2. The molecule has 1 saturated carbocycles. The molecular formula is C15H19ClN2O2. The Labute approximate surface area is 124 Å². The predicted octanol–water partition coefficient (Wildman–Crippen LogP) is 2.90. The topological polar surface area (TPSA) is 42.4 Å². The smallest absolute Gasteiger partial charge is 0.225 e. The van der Waals surface area contributed by atoms with Gasteiger partial charge in [0, 0.05) is 50.3 Å². The number of nitrogens with zero attached hydrogens (tertiary/aromatic N) is 2. The summed E-state index contributed by atoms with van der Waals surface area (Å²) in [5.74, 6) is 1.32. The number of ether oxygens (including phenoxy) is 1. The molecule has 1 aromatic heterocycles. The van der Waals surface area contributed by atoms with Crippen LogP contribution in [0.5, 0.6) is 5.75 Å². The molecular weight excluding hydrogens is 276 g/mol. The highest BCUT2D eigenvalue weighted by Gasteiger charge is 2.32. The SMILES string of the molecule is O=C(C1CCC1)N1CCC(Oc2ccncc2Cl)CC1. The Morgan fingerprint density at radius 1 is 1.30 bits per heavy atom. The lowest BCUT2D eigenvalue weighted by molar-refractivity contribution is -0.140. The molecule has 1 aliphatic carbocycles. The van der Waals surface area contributed by atoms with Crippen LogP contribution in [0, 0.1) is 5.92 Å². The molecule has 0 N–H and O–H groups in total. The van der Waals surface area contributed by atoms with Gasteiger partial charge in [-0.25, -0.2) is 0 Å². The van der Waals surface area contributed by atoms with Crippen LogP contribution in [0.1, 0.15) is 32.1 Å². The Morgan fingerprint density at radius 2 is 2.05 bits per heavy atom. The first-order chi connectivity index (χ1) is 9.74. The van der Waals surface area contributed by atoms with Crippen molar-refractivity contribution in [2.24, 2.45) is 5.92 Å². The lowest BCUT2D eigenvalue weighted by atomic mass is 9.84. The highest BCUT2D eigenvalue weighted by atomic mass is 35.5. The van der Waals surface area contributed by atoms with E-state index in [2.05, 4.69) is 4.98 Å². The Bertz CT molecular complexity index is 483. The molecule has 1 saturated heterocycles. The van der Waals surface area contributed by atoms with Gasteiger partial charge in [0.1, 0.15) is 16.9 Å². The maximum absolute atomic E-state index is 12.2. The third-order valence-corrected chi connectivity index (χ3v) is 4.52. The predicted molar refractivity (Wildman–Crippen MR) is 76.8 cm³/mol. The minimum Gasteiger partial charge on any atom is -0.489 e. The number of amides is 1. The molecule has 5 heteroatoms. The third-order valence-electron chi connectivity index (χ3n) is 4.24. The van der Waals surface area contributed by atoms with Crippen LogP contribution in [0.15, 0.2) is 18.5 Å². The first kappa shape index (κ1) is 13.7. The molecule has 0 unspecified atom stereocenters. The summed E-state index contributed by atoms with van der Waals surface area (Å²) in [5, 5.41) is 0.542. The Kier molecular flexibility index (Phi) is 4.10. The van der Waals surface area contributed by atoms with Crippen molar-refractivity contribution in [3.63, 3.8) is 0 Å². The lowest BCUT2D eigenvalue weighted by Crippen LogP contribution is -2.45. The molecule has 108 valence electrons. The van der Waals surface area contributed by atoms with Crippen LogP contribution in [0.25, 0.3) is 0 Å². The number of pyridine rings is 1. The monoisotopic (exact) mass is 294 g/mol. The normalized spacial score (nSPS) is 20.6. The van der Waals surface area contributed by atoms with Crippen LogP contribution < -0.4 is 4.74 Å². The minimum absolute atomic E-state index is 0.139. The molecule has 0 spiro atoms. The lowest BCUT2D eigenvalue weighted by Gasteiger charge is -2.36. The maximum Gasteiger partial charge on any atom is 0.225 e. The van der Waals surface area contributed by atoms with Crippen molar-refractivity contribution < 1.29 is 9.53 Å². The van der Waals surface area contributed by atoms with Crippen LogP contribution in [-0.4, -0.2) is 35.0 Å². The molecule has 20 heavy (non-hydrogen) atoms. The molecule has 4 nitrogen and oxygen atoms in total. The number of hydrogen-bond donors (Lipinski definition) is 0. The van der Waals surface area contributed by atoms with Crippen LogP contribution >= 0.6 is 11.6 Å². The van der Waals surface area contributed by atoms with E-state index in [1.807, 2.05) is 4.90 Å². The van der Waals surface area contributed by atoms with Crippen molar-refractivity contribution in [1.29, 1.82) is 0 Å². The number of piperidine rings is 1. The summed E-state index contributed by atoms with van der Waals surface area (Å²) in [7, 11) is 0. The average molecular weight is 295 g/mol. The van der Waals surface area contributed by atoms with Crippen molar-refractivity contribution in [1.82, 2.24) is 9.88 Å². The summed E-state index contributed by atoms with van der Waals surface area (Å²) in [6.07, 6.45) is 8.50. The summed E-state index contributed by atoms with van der Waals surface area (Å²) < 4.78 is 5.91. The molecule has 0 atom stereocenters. The van der Waals surface area contributed by atoms with E-state index < -0.39 is 0 Å². The van der Waals surface area contributed by atoms with Crippen LogP contribution in [0.2, 0.25) is 5.02 Å². The van der Waals surface area contributed by atoms with Gasteiger partial charge in [0.25, 0.3) is 0 Å². The van der Waals surface area contributed by atoms with Gasteiger partial charge in [-0.05, 0) is 12.8 Å². The Balaban J connectivity index is 1.51. The molecule has 0 aromatic carbocycles. The van der Waals surface area contributed by atoms with E-state index in [1.54, 1.807) is 18.5 Å². The van der Waals surface area contributed by atoms with Crippen molar-refractivity contribution >= 4 is 17.5 Å². The van der Waals surface area contributed by atoms with Gasteiger partial charge in [0.05, 0.1) is 0 Å². The second kappa shape index (κ2) is 6.00. The van der Waals surface area contributed by atoms with Crippen LogP contribution in [0.3, 0.4) is 0 Å². The van der Waals surface area contributed by atoms with Crippen LogP contribution in [-0.2, 0) is 4.79 Å². The highest BCUT2D eigenvalue weighted by Crippen LogP contribution is 2.30. The van der Waals surface area contributed by atoms with Crippen molar-refractivity contribution in [2.45, 2.75) is 38.2 Å². The molecule has 2 aliphatic rings. The van der Waals surface area contributed by atoms with Crippen molar-refractivity contribution in [3.05, 3.63) is 23.5 Å². The average Bonchev–Trinajstić information content (AvgIpc) is 2.40. The zero-order valence-corrected chi connectivity index (χ0v) is 12.2. The third kappa shape index (κ3) is 2.90. The number of halogens is 1. The number of likely N-dealkylation sites (tertiary alicyclic amines) is 1. The van der Waals surface area contributed by atoms with Gasteiger partial charge < -0.3 is 9.64 Å². The minimum atomic E-state index is 0.139. The fraction of sp³-hybridized carbons (Fsp3) is 0.600. The zero-order chi connectivity index (χ0) is 13.9. The summed E-state index contributed by atoms with van der Waals surface area (Å²) in [6.45, 7) is 1.59. The molecule has 0 radical (unpaired) electrons. The summed E-state index contributed by atoms with van der Waals surface area (Å²) in [4.78, 5) is 18.1. The molecule has 1 amide bonds. The van der Waals surface area contributed by atoms with Gasteiger partial charge in [-0.15, -0.1) is 0 Å². The zero-order valence-electron chi connectivity index (χ0n) is 11.4. The molecule has 1 aliphatic heterocycles. The molecule has 2 heterocycles. The molecule has 1 aromatic rings. The van der Waals surface area contributed by atoms with Gasteiger partial charge in [-0.2, -0.15) is 0 Å². The summed E-state index contributed by atoms with van der Waals surface area (Å²) >= 11 is 6.04. The molecule has 2 fully saturated rings. The van der Waals surface area contributed by atoms with E-state index in [4.69, 9.17) is 16.3 Å². The Hall–Kier alpha value is -1.29. The van der Waals surface area contributed by atoms with E-state index in [1.165, 1.54) is 6.42 Å². The number of aromatic nitrogens is 1. The van der Waals surface area contributed by atoms with E-state index in [0.29, 0.717) is 22.6 Å². The van der Waals surface area contributed by atoms with E-state index in [-0.39, 0.29) is 6.10 Å². The van der Waals surface area contributed by atoms with E-state index in [9.17, 15) is 4.79 Å². The molecule has 3 rings (SSSR count). The summed E-state index contributed by atoms with van der Waals surface area (Å²) in [6, 6.07) is 1.79. The summed E-state index contributed by atoms with van der Waals surface area (Å²) in [5.41, 5.74) is 0. The second-order valence-electron chi connectivity index (χ2n) is 5.58. The fourth-order valence-corrected chi connectivity index (χ4v) is 2.91. The van der Waals surface area contributed by atoms with Gasteiger partial charge in [0.2, 0.25) is 5.91 Å². The van der Waals surface area contributed by atoms with E-state index >= 15 is 0 Å². The van der Waals surface area contributed by atoms with E-state index in [0.717, 1.165) is 38.8 Å².